The molecule has 1 aliphatic rings. The van der Waals surface area contributed by atoms with Crippen LogP contribution in [-0.4, -0.2) is 35.1 Å². The standard InChI is InChI=1S/C12H15BrN2O2/c13-11-4-1-8(14)7-10(11)12(17)15(5-6-16)9-2-3-9/h1,4,7,9,16H,2-3,5-6,14H2. The van der Waals surface area contributed by atoms with E-state index in [2.05, 4.69) is 15.9 Å². The highest BCUT2D eigenvalue weighted by Crippen LogP contribution is 2.30. The predicted octanol–water partition coefficient (Wildman–Crippen LogP) is 1.63. The summed E-state index contributed by atoms with van der Waals surface area (Å²) < 4.78 is 0.736. The van der Waals surface area contributed by atoms with Crippen molar-refractivity contribution in [2.45, 2.75) is 18.9 Å². The molecule has 1 fully saturated rings. The van der Waals surface area contributed by atoms with Crippen LogP contribution in [0.5, 0.6) is 0 Å². The van der Waals surface area contributed by atoms with Crippen molar-refractivity contribution in [3.8, 4) is 0 Å². The van der Waals surface area contributed by atoms with Gasteiger partial charge in [-0.15, -0.1) is 0 Å². The van der Waals surface area contributed by atoms with Crippen molar-refractivity contribution in [2.24, 2.45) is 0 Å². The van der Waals surface area contributed by atoms with Crippen LogP contribution in [0.2, 0.25) is 0 Å². The molecule has 0 saturated heterocycles. The van der Waals surface area contributed by atoms with Gasteiger partial charge in [-0.3, -0.25) is 4.79 Å². The Kier molecular flexibility index (Phi) is 3.69. The molecule has 1 amide bonds. The maximum absolute atomic E-state index is 12.3. The van der Waals surface area contributed by atoms with E-state index in [4.69, 9.17) is 10.8 Å². The van der Waals surface area contributed by atoms with Gasteiger partial charge in [0.1, 0.15) is 0 Å². The van der Waals surface area contributed by atoms with Gasteiger partial charge in [-0.05, 0) is 47.0 Å². The molecule has 1 aromatic carbocycles. The Morgan fingerprint density at radius 3 is 2.82 bits per heavy atom. The number of nitrogens with two attached hydrogens (primary N) is 1. The quantitative estimate of drug-likeness (QED) is 0.830. The van der Waals surface area contributed by atoms with Crippen molar-refractivity contribution < 1.29 is 9.90 Å². The number of hydrogen-bond donors (Lipinski definition) is 2. The molecule has 0 unspecified atom stereocenters. The Hall–Kier alpha value is -1.07. The monoisotopic (exact) mass is 298 g/mol. The van der Waals surface area contributed by atoms with E-state index in [-0.39, 0.29) is 18.6 Å². The van der Waals surface area contributed by atoms with Crippen molar-refractivity contribution in [1.29, 1.82) is 0 Å². The molecule has 92 valence electrons. The largest absolute Gasteiger partial charge is 0.399 e. The van der Waals surface area contributed by atoms with Gasteiger partial charge >= 0.3 is 0 Å². The molecule has 0 aliphatic heterocycles. The van der Waals surface area contributed by atoms with Gasteiger partial charge in [0.05, 0.1) is 12.2 Å². The van der Waals surface area contributed by atoms with E-state index >= 15 is 0 Å². The Balaban J connectivity index is 2.24. The minimum atomic E-state index is -0.0688. The van der Waals surface area contributed by atoms with Crippen LogP contribution in [0.1, 0.15) is 23.2 Å². The second-order valence-corrected chi connectivity index (χ2v) is 5.05. The van der Waals surface area contributed by atoms with Gasteiger partial charge < -0.3 is 15.7 Å². The summed E-state index contributed by atoms with van der Waals surface area (Å²) in [6, 6.07) is 5.46. The lowest BCUT2D eigenvalue weighted by Gasteiger charge is -2.22. The molecular formula is C12H15BrN2O2. The molecular weight excluding hydrogens is 284 g/mol. The van der Waals surface area contributed by atoms with Gasteiger partial charge in [-0.1, -0.05) is 0 Å². The zero-order chi connectivity index (χ0) is 12.4. The van der Waals surface area contributed by atoms with Gasteiger partial charge in [0.15, 0.2) is 0 Å². The molecule has 0 atom stereocenters. The average molecular weight is 299 g/mol. The zero-order valence-electron chi connectivity index (χ0n) is 9.40. The van der Waals surface area contributed by atoms with Gasteiger partial charge in [0, 0.05) is 22.7 Å². The smallest absolute Gasteiger partial charge is 0.255 e. The number of aliphatic hydroxyl groups is 1. The molecule has 4 nitrogen and oxygen atoms in total. The summed E-state index contributed by atoms with van der Waals surface area (Å²) in [5.74, 6) is -0.0688. The highest BCUT2D eigenvalue weighted by atomic mass is 79.9. The number of carbonyl (C=O) groups excluding carboxylic acids is 1. The molecule has 0 radical (unpaired) electrons. The Labute approximate surface area is 109 Å². The van der Waals surface area contributed by atoms with Crippen molar-refractivity contribution >= 4 is 27.5 Å². The molecule has 0 bridgehead atoms. The number of rotatable bonds is 4. The van der Waals surface area contributed by atoms with Crippen LogP contribution in [0.3, 0.4) is 0 Å². The third-order valence-corrected chi connectivity index (χ3v) is 3.50. The first kappa shape index (κ1) is 12.4. The summed E-state index contributed by atoms with van der Waals surface area (Å²) in [5.41, 5.74) is 6.82. The highest BCUT2D eigenvalue weighted by molar-refractivity contribution is 9.10. The average Bonchev–Trinajstić information content (AvgIpc) is 3.12. The first-order chi connectivity index (χ1) is 8.13. The van der Waals surface area contributed by atoms with Crippen molar-refractivity contribution in [1.82, 2.24) is 4.90 Å². The fourth-order valence-electron chi connectivity index (χ4n) is 1.81. The molecule has 5 heteroatoms. The number of nitrogen functional groups attached to an aromatic ring is 1. The van der Waals surface area contributed by atoms with E-state index in [1.165, 1.54) is 0 Å². The summed E-state index contributed by atoms with van der Waals surface area (Å²) in [7, 11) is 0. The van der Waals surface area contributed by atoms with E-state index in [0.717, 1.165) is 17.3 Å². The summed E-state index contributed by atoms with van der Waals surface area (Å²) in [4.78, 5) is 14.0. The van der Waals surface area contributed by atoms with Gasteiger partial charge in [-0.25, -0.2) is 0 Å². The first-order valence-electron chi connectivity index (χ1n) is 5.60. The minimum absolute atomic E-state index is 0.0117. The number of aliphatic hydroxyl groups excluding tert-OH is 1. The van der Waals surface area contributed by atoms with Gasteiger partial charge in [0.2, 0.25) is 0 Å². The maximum Gasteiger partial charge on any atom is 0.255 e. The molecule has 0 aromatic heterocycles. The highest BCUT2D eigenvalue weighted by Gasteiger charge is 2.33. The van der Waals surface area contributed by atoms with E-state index in [1.54, 1.807) is 23.1 Å². The van der Waals surface area contributed by atoms with Gasteiger partial charge in [0.25, 0.3) is 5.91 Å². The van der Waals surface area contributed by atoms with Crippen LogP contribution < -0.4 is 5.73 Å². The topological polar surface area (TPSA) is 66.6 Å². The molecule has 3 N–H and O–H groups in total. The van der Waals surface area contributed by atoms with E-state index in [1.807, 2.05) is 0 Å². The lowest BCUT2D eigenvalue weighted by atomic mass is 10.1. The number of amides is 1. The number of nitrogens with zero attached hydrogens (tertiary/aromatic N) is 1. The molecule has 1 saturated carbocycles. The molecule has 17 heavy (non-hydrogen) atoms. The molecule has 0 spiro atoms. The van der Waals surface area contributed by atoms with Crippen molar-refractivity contribution in [3.63, 3.8) is 0 Å². The lowest BCUT2D eigenvalue weighted by Crippen LogP contribution is -2.35. The molecule has 1 aliphatic carbocycles. The lowest BCUT2D eigenvalue weighted by molar-refractivity contribution is 0.0707. The SMILES string of the molecule is Nc1ccc(Br)c(C(=O)N(CCO)C2CC2)c1. The summed E-state index contributed by atoms with van der Waals surface area (Å²) in [5, 5.41) is 9.00. The summed E-state index contributed by atoms with van der Waals surface area (Å²) >= 11 is 3.35. The number of halogens is 1. The molecule has 1 aromatic rings. The van der Waals surface area contributed by atoms with Crippen LogP contribution in [0, 0.1) is 0 Å². The number of anilines is 1. The third-order valence-electron chi connectivity index (χ3n) is 2.81. The first-order valence-corrected chi connectivity index (χ1v) is 6.39. The van der Waals surface area contributed by atoms with E-state index in [9.17, 15) is 4.79 Å². The number of benzene rings is 1. The molecule has 0 heterocycles. The Bertz CT molecular complexity index is 433. The van der Waals surface area contributed by atoms with E-state index < -0.39 is 0 Å². The maximum atomic E-state index is 12.3. The Morgan fingerprint density at radius 1 is 1.53 bits per heavy atom. The van der Waals surface area contributed by atoms with Crippen molar-refractivity contribution in [2.75, 3.05) is 18.9 Å². The summed E-state index contributed by atoms with van der Waals surface area (Å²) in [6.45, 7) is 0.368. The molecule has 2 rings (SSSR count). The van der Waals surface area contributed by atoms with Crippen LogP contribution in [0.15, 0.2) is 22.7 Å². The third kappa shape index (κ3) is 2.79. The number of carbonyl (C=O) groups is 1. The zero-order valence-corrected chi connectivity index (χ0v) is 11.0. The van der Waals surface area contributed by atoms with Crippen molar-refractivity contribution in [3.05, 3.63) is 28.2 Å². The second kappa shape index (κ2) is 5.06. The predicted molar refractivity (Wildman–Crippen MR) is 69.7 cm³/mol. The minimum Gasteiger partial charge on any atom is -0.399 e. The fraction of sp³-hybridized carbons (Fsp3) is 0.417. The van der Waals surface area contributed by atoms with Crippen LogP contribution in [0.25, 0.3) is 0 Å². The second-order valence-electron chi connectivity index (χ2n) is 4.19. The van der Waals surface area contributed by atoms with E-state index in [0.29, 0.717) is 17.8 Å². The normalized spacial score (nSPS) is 14.7. The van der Waals surface area contributed by atoms with Crippen LogP contribution in [0.4, 0.5) is 5.69 Å². The Morgan fingerprint density at radius 2 is 2.24 bits per heavy atom. The van der Waals surface area contributed by atoms with Gasteiger partial charge in [-0.2, -0.15) is 0 Å². The summed E-state index contributed by atoms with van der Waals surface area (Å²) in [6.07, 6.45) is 2.04. The fourth-order valence-corrected chi connectivity index (χ4v) is 2.22. The number of hydrogen-bond acceptors (Lipinski definition) is 3. The van der Waals surface area contributed by atoms with Crippen LogP contribution in [-0.2, 0) is 0 Å². The van der Waals surface area contributed by atoms with Crippen LogP contribution >= 0.6 is 15.9 Å².